The SMILES string of the molecule is CCCC(=O)O/N=C1\CCc2ccccc21. The maximum absolute atomic E-state index is 11.2. The van der Waals surface area contributed by atoms with Crippen LogP contribution in [0.4, 0.5) is 0 Å². The first-order valence-corrected chi connectivity index (χ1v) is 5.66. The number of hydrogen-bond donors (Lipinski definition) is 0. The van der Waals surface area contributed by atoms with Gasteiger partial charge in [-0.25, -0.2) is 4.79 Å². The van der Waals surface area contributed by atoms with E-state index in [0.29, 0.717) is 6.42 Å². The number of aryl methyl sites for hydroxylation is 1. The molecule has 16 heavy (non-hydrogen) atoms. The Morgan fingerprint density at radius 1 is 1.38 bits per heavy atom. The summed E-state index contributed by atoms with van der Waals surface area (Å²) >= 11 is 0. The lowest BCUT2D eigenvalue weighted by atomic mass is 10.1. The van der Waals surface area contributed by atoms with E-state index in [2.05, 4.69) is 11.2 Å². The molecule has 0 unspecified atom stereocenters. The van der Waals surface area contributed by atoms with E-state index in [9.17, 15) is 4.79 Å². The highest BCUT2D eigenvalue weighted by atomic mass is 16.7. The molecule has 0 aliphatic heterocycles. The summed E-state index contributed by atoms with van der Waals surface area (Å²) in [6.07, 6.45) is 3.07. The van der Waals surface area contributed by atoms with Gasteiger partial charge in [0.05, 0.1) is 5.71 Å². The smallest absolute Gasteiger partial charge is 0.318 e. The monoisotopic (exact) mass is 217 g/mol. The summed E-state index contributed by atoms with van der Waals surface area (Å²) < 4.78 is 0. The fourth-order valence-corrected chi connectivity index (χ4v) is 1.86. The predicted octanol–water partition coefficient (Wildman–Crippen LogP) is 2.68. The van der Waals surface area contributed by atoms with Crippen molar-refractivity contribution in [3.8, 4) is 0 Å². The zero-order valence-electron chi connectivity index (χ0n) is 9.40. The number of fused-ring (bicyclic) bond motifs is 1. The molecule has 0 N–H and O–H groups in total. The molecule has 0 bridgehead atoms. The van der Waals surface area contributed by atoms with Gasteiger partial charge in [0, 0.05) is 12.0 Å². The highest BCUT2D eigenvalue weighted by Crippen LogP contribution is 2.22. The van der Waals surface area contributed by atoms with Gasteiger partial charge in [-0.1, -0.05) is 36.3 Å². The lowest BCUT2D eigenvalue weighted by Gasteiger charge is -1.99. The highest BCUT2D eigenvalue weighted by Gasteiger charge is 2.17. The molecule has 84 valence electrons. The largest absolute Gasteiger partial charge is 0.335 e. The van der Waals surface area contributed by atoms with Crippen molar-refractivity contribution in [3.63, 3.8) is 0 Å². The molecule has 1 aliphatic rings. The Morgan fingerprint density at radius 2 is 2.19 bits per heavy atom. The molecule has 0 atom stereocenters. The van der Waals surface area contributed by atoms with E-state index in [1.165, 1.54) is 5.56 Å². The van der Waals surface area contributed by atoms with Crippen molar-refractivity contribution < 1.29 is 9.63 Å². The topological polar surface area (TPSA) is 38.7 Å². The number of carbonyl (C=O) groups excluding carboxylic acids is 1. The molecule has 3 heteroatoms. The van der Waals surface area contributed by atoms with E-state index < -0.39 is 0 Å². The van der Waals surface area contributed by atoms with Crippen molar-refractivity contribution >= 4 is 11.7 Å². The van der Waals surface area contributed by atoms with Gasteiger partial charge in [-0.15, -0.1) is 0 Å². The molecule has 1 aromatic carbocycles. The van der Waals surface area contributed by atoms with Crippen LogP contribution in [0.5, 0.6) is 0 Å². The first kappa shape index (κ1) is 10.9. The maximum Gasteiger partial charge on any atom is 0.335 e. The summed E-state index contributed by atoms with van der Waals surface area (Å²) in [5, 5.41) is 3.95. The second-order valence-electron chi connectivity index (χ2n) is 3.91. The Labute approximate surface area is 95.1 Å². The first-order valence-electron chi connectivity index (χ1n) is 5.66. The van der Waals surface area contributed by atoms with Crippen LogP contribution in [-0.4, -0.2) is 11.7 Å². The lowest BCUT2D eigenvalue weighted by molar-refractivity contribution is -0.143. The summed E-state index contributed by atoms with van der Waals surface area (Å²) in [6.45, 7) is 1.94. The first-order chi connectivity index (χ1) is 7.81. The third-order valence-corrected chi connectivity index (χ3v) is 2.67. The van der Waals surface area contributed by atoms with Gasteiger partial charge < -0.3 is 4.84 Å². The molecule has 0 saturated carbocycles. The van der Waals surface area contributed by atoms with Gasteiger partial charge in [-0.3, -0.25) is 0 Å². The number of rotatable bonds is 3. The molecular formula is C13H15NO2. The Kier molecular flexibility index (Phi) is 3.34. The molecule has 0 fully saturated rings. The third-order valence-electron chi connectivity index (χ3n) is 2.67. The van der Waals surface area contributed by atoms with E-state index in [1.807, 2.05) is 25.1 Å². The Morgan fingerprint density at radius 3 is 3.00 bits per heavy atom. The van der Waals surface area contributed by atoms with Crippen LogP contribution in [0.2, 0.25) is 0 Å². The molecule has 0 saturated heterocycles. The summed E-state index contributed by atoms with van der Waals surface area (Å²) in [7, 11) is 0. The van der Waals surface area contributed by atoms with Gasteiger partial charge in [0.1, 0.15) is 0 Å². The lowest BCUT2D eigenvalue weighted by Crippen LogP contribution is -2.02. The third kappa shape index (κ3) is 2.30. The maximum atomic E-state index is 11.2. The van der Waals surface area contributed by atoms with Crippen LogP contribution < -0.4 is 0 Å². The Balaban J connectivity index is 2.07. The fraction of sp³-hybridized carbons (Fsp3) is 0.385. The quantitative estimate of drug-likeness (QED) is 0.576. The second kappa shape index (κ2) is 4.92. The summed E-state index contributed by atoms with van der Waals surface area (Å²) in [4.78, 5) is 16.1. The summed E-state index contributed by atoms with van der Waals surface area (Å²) in [6, 6.07) is 8.11. The van der Waals surface area contributed by atoms with E-state index in [4.69, 9.17) is 4.84 Å². The number of oxime groups is 1. The molecule has 2 rings (SSSR count). The summed E-state index contributed by atoms with van der Waals surface area (Å²) in [5.74, 6) is -0.251. The van der Waals surface area contributed by atoms with Crippen molar-refractivity contribution in [2.75, 3.05) is 0 Å². The van der Waals surface area contributed by atoms with Crippen LogP contribution in [-0.2, 0) is 16.1 Å². The average molecular weight is 217 g/mol. The van der Waals surface area contributed by atoms with Crippen molar-refractivity contribution in [2.45, 2.75) is 32.6 Å². The van der Waals surface area contributed by atoms with Crippen molar-refractivity contribution in [3.05, 3.63) is 35.4 Å². The Bertz CT molecular complexity index is 424. The van der Waals surface area contributed by atoms with Crippen LogP contribution in [0.15, 0.2) is 29.4 Å². The number of carbonyl (C=O) groups is 1. The van der Waals surface area contributed by atoms with Crippen LogP contribution in [0, 0.1) is 0 Å². The molecule has 0 spiro atoms. The molecule has 0 radical (unpaired) electrons. The standard InChI is InChI=1S/C13H15NO2/c1-2-5-13(15)16-14-12-9-8-10-6-3-4-7-11(10)12/h3-4,6-7H,2,5,8-9H2,1H3/b14-12+. The van der Waals surface area contributed by atoms with E-state index in [-0.39, 0.29) is 5.97 Å². The molecule has 3 nitrogen and oxygen atoms in total. The van der Waals surface area contributed by atoms with E-state index in [1.54, 1.807) is 0 Å². The molecular weight excluding hydrogens is 202 g/mol. The van der Waals surface area contributed by atoms with Gasteiger partial charge in [-0.2, -0.15) is 0 Å². The summed E-state index contributed by atoms with van der Waals surface area (Å²) in [5.41, 5.74) is 3.29. The average Bonchev–Trinajstić information content (AvgIpc) is 2.70. The van der Waals surface area contributed by atoms with Crippen molar-refractivity contribution in [1.29, 1.82) is 0 Å². The minimum absolute atomic E-state index is 0.251. The predicted molar refractivity (Wildman–Crippen MR) is 62.3 cm³/mol. The van der Waals surface area contributed by atoms with Gasteiger partial charge in [0.25, 0.3) is 0 Å². The molecule has 1 aromatic rings. The normalized spacial score (nSPS) is 16.2. The number of benzene rings is 1. The van der Waals surface area contributed by atoms with Crippen molar-refractivity contribution in [1.82, 2.24) is 0 Å². The molecule has 0 heterocycles. The van der Waals surface area contributed by atoms with Crippen LogP contribution in [0.1, 0.15) is 37.3 Å². The molecule has 1 aliphatic carbocycles. The van der Waals surface area contributed by atoms with Gasteiger partial charge in [-0.05, 0) is 24.8 Å². The number of hydrogen-bond acceptors (Lipinski definition) is 3. The minimum atomic E-state index is -0.251. The minimum Gasteiger partial charge on any atom is -0.318 e. The van der Waals surface area contributed by atoms with E-state index >= 15 is 0 Å². The highest BCUT2D eigenvalue weighted by molar-refractivity contribution is 6.04. The number of nitrogens with zero attached hydrogens (tertiary/aromatic N) is 1. The van der Waals surface area contributed by atoms with Crippen LogP contribution in [0.3, 0.4) is 0 Å². The van der Waals surface area contributed by atoms with Gasteiger partial charge in [0.2, 0.25) is 0 Å². The van der Waals surface area contributed by atoms with Crippen LogP contribution >= 0.6 is 0 Å². The fourth-order valence-electron chi connectivity index (χ4n) is 1.86. The Hall–Kier alpha value is -1.64. The van der Waals surface area contributed by atoms with Gasteiger partial charge in [0.15, 0.2) is 0 Å². The molecule has 0 amide bonds. The molecule has 0 aromatic heterocycles. The van der Waals surface area contributed by atoms with E-state index in [0.717, 1.165) is 30.5 Å². The zero-order valence-corrected chi connectivity index (χ0v) is 9.40. The van der Waals surface area contributed by atoms with Crippen molar-refractivity contribution in [2.24, 2.45) is 5.16 Å². The zero-order chi connectivity index (χ0) is 11.4. The second-order valence-corrected chi connectivity index (χ2v) is 3.91. The van der Waals surface area contributed by atoms with Crippen LogP contribution in [0.25, 0.3) is 0 Å². The van der Waals surface area contributed by atoms with Gasteiger partial charge >= 0.3 is 5.97 Å².